The van der Waals surface area contributed by atoms with Crippen LogP contribution in [0.4, 0.5) is 0 Å². The van der Waals surface area contributed by atoms with Crippen molar-refractivity contribution in [1.29, 1.82) is 0 Å². The van der Waals surface area contributed by atoms with Crippen LogP contribution in [0.15, 0.2) is 0 Å². The number of ether oxygens (including phenoxy) is 1. The number of rotatable bonds is 27. The molecule has 0 aliphatic heterocycles. The van der Waals surface area contributed by atoms with E-state index in [2.05, 4.69) is 6.92 Å². The Morgan fingerprint density at radius 1 is 0.367 bits per heavy atom. The van der Waals surface area contributed by atoms with E-state index in [0.29, 0.717) is 0 Å². The minimum atomic E-state index is 0.113. The van der Waals surface area contributed by atoms with E-state index in [4.69, 9.17) is 4.74 Å². The van der Waals surface area contributed by atoms with Crippen LogP contribution in [-0.4, -0.2) is 19.8 Å². The Balaban J connectivity index is 2.97. The smallest absolute Gasteiger partial charge is 0.0822 e. The SMILES string of the molecule is CCCCCCCCCCCCCCCCOCCCCCCCCCCCC[O]. The fraction of sp³-hybridized carbons (Fsp3) is 1.00. The molecule has 1 radical (unpaired) electrons. The maximum atomic E-state index is 10.4. The Kier molecular flexibility index (Phi) is 28.8. The van der Waals surface area contributed by atoms with Gasteiger partial charge in [-0.15, -0.1) is 0 Å². The van der Waals surface area contributed by atoms with E-state index in [1.54, 1.807) is 0 Å². The van der Waals surface area contributed by atoms with Crippen LogP contribution < -0.4 is 0 Å². The van der Waals surface area contributed by atoms with Crippen LogP contribution in [0, 0.1) is 0 Å². The van der Waals surface area contributed by atoms with Crippen LogP contribution in [0.1, 0.15) is 161 Å². The average Bonchev–Trinajstić information content (AvgIpc) is 2.76. The molecule has 0 aromatic rings. The van der Waals surface area contributed by atoms with Gasteiger partial charge in [0.1, 0.15) is 0 Å². The molecule has 0 aromatic heterocycles. The molecule has 0 unspecified atom stereocenters. The third-order valence-corrected chi connectivity index (χ3v) is 6.33. The lowest BCUT2D eigenvalue weighted by Crippen LogP contribution is -1.97. The normalized spacial score (nSPS) is 11.4. The minimum Gasteiger partial charge on any atom is -0.381 e. The molecule has 0 heterocycles. The average molecular weight is 426 g/mol. The summed E-state index contributed by atoms with van der Waals surface area (Å²) >= 11 is 0. The van der Waals surface area contributed by atoms with E-state index in [-0.39, 0.29) is 6.61 Å². The molecule has 0 aromatic carbocycles. The first kappa shape index (κ1) is 29.9. The highest BCUT2D eigenvalue weighted by molar-refractivity contribution is 4.50. The van der Waals surface area contributed by atoms with Crippen molar-refractivity contribution in [2.45, 2.75) is 161 Å². The van der Waals surface area contributed by atoms with Gasteiger partial charge in [-0.05, 0) is 19.3 Å². The molecule has 2 nitrogen and oxygen atoms in total. The molecule has 0 saturated heterocycles. The van der Waals surface area contributed by atoms with Gasteiger partial charge in [-0.1, -0.05) is 142 Å². The summed E-state index contributed by atoms with van der Waals surface area (Å²) in [5.41, 5.74) is 0. The van der Waals surface area contributed by atoms with Crippen LogP contribution in [-0.2, 0) is 9.84 Å². The molecule has 0 atom stereocenters. The summed E-state index contributed by atoms with van der Waals surface area (Å²) in [6, 6.07) is 0. The summed E-state index contributed by atoms with van der Waals surface area (Å²) < 4.78 is 5.80. The molecule has 0 spiro atoms. The van der Waals surface area contributed by atoms with Gasteiger partial charge < -0.3 is 4.74 Å². The van der Waals surface area contributed by atoms with Gasteiger partial charge in [-0.2, -0.15) is 0 Å². The van der Waals surface area contributed by atoms with Gasteiger partial charge in [0.2, 0.25) is 0 Å². The van der Waals surface area contributed by atoms with Crippen molar-refractivity contribution in [3.05, 3.63) is 0 Å². The summed E-state index contributed by atoms with van der Waals surface area (Å²) in [6.07, 6.45) is 32.5. The molecular weight excluding hydrogens is 368 g/mol. The monoisotopic (exact) mass is 425 g/mol. The Labute approximate surface area is 191 Å². The van der Waals surface area contributed by atoms with Crippen molar-refractivity contribution >= 4 is 0 Å². The fourth-order valence-corrected chi connectivity index (χ4v) is 4.22. The van der Waals surface area contributed by atoms with E-state index in [1.807, 2.05) is 0 Å². The molecule has 0 fully saturated rings. The standard InChI is InChI=1S/C28H57O2/c1-2-3-4-5-6-7-8-9-10-12-15-18-21-24-27-30-28-25-22-19-16-13-11-14-17-20-23-26-29/h2-28H2,1H3. The maximum Gasteiger partial charge on any atom is 0.0822 e. The predicted molar refractivity (Wildman–Crippen MR) is 133 cm³/mol. The van der Waals surface area contributed by atoms with Crippen LogP contribution in [0.5, 0.6) is 0 Å². The van der Waals surface area contributed by atoms with E-state index in [1.165, 1.54) is 141 Å². The second-order valence-electron chi connectivity index (χ2n) is 9.45. The molecule has 0 aliphatic rings. The van der Waals surface area contributed by atoms with Crippen LogP contribution in [0.25, 0.3) is 0 Å². The van der Waals surface area contributed by atoms with Crippen LogP contribution >= 0.6 is 0 Å². The summed E-state index contributed by atoms with van der Waals surface area (Å²) in [7, 11) is 0. The lowest BCUT2D eigenvalue weighted by molar-refractivity contribution is 0.125. The molecule has 181 valence electrons. The summed E-state index contributed by atoms with van der Waals surface area (Å²) in [5.74, 6) is 0. The third-order valence-electron chi connectivity index (χ3n) is 6.33. The number of hydrogen-bond donors (Lipinski definition) is 0. The second kappa shape index (κ2) is 28.9. The van der Waals surface area contributed by atoms with E-state index in [9.17, 15) is 5.11 Å². The Bertz CT molecular complexity index is 252. The highest BCUT2D eigenvalue weighted by atomic mass is 16.5. The van der Waals surface area contributed by atoms with E-state index < -0.39 is 0 Å². The zero-order valence-electron chi connectivity index (χ0n) is 20.9. The van der Waals surface area contributed by atoms with E-state index >= 15 is 0 Å². The number of unbranched alkanes of at least 4 members (excludes halogenated alkanes) is 22. The molecule has 2 heteroatoms. The Morgan fingerprint density at radius 3 is 0.933 bits per heavy atom. The number of hydrogen-bond acceptors (Lipinski definition) is 1. The van der Waals surface area contributed by atoms with Crippen molar-refractivity contribution in [1.82, 2.24) is 0 Å². The summed E-state index contributed by atoms with van der Waals surface area (Å²) in [4.78, 5) is 0. The lowest BCUT2D eigenvalue weighted by atomic mass is 10.0. The van der Waals surface area contributed by atoms with Gasteiger partial charge in [-0.25, -0.2) is 5.11 Å². The Hall–Kier alpha value is -0.0800. The van der Waals surface area contributed by atoms with Crippen molar-refractivity contribution in [3.63, 3.8) is 0 Å². The molecule has 0 rings (SSSR count). The first-order valence-corrected chi connectivity index (χ1v) is 14.1. The predicted octanol–water partition coefficient (Wildman–Crippen LogP) is 9.82. The van der Waals surface area contributed by atoms with Crippen molar-refractivity contribution in [2.75, 3.05) is 19.8 Å². The first-order chi connectivity index (χ1) is 14.9. The van der Waals surface area contributed by atoms with Gasteiger partial charge in [0.15, 0.2) is 0 Å². The van der Waals surface area contributed by atoms with Gasteiger partial charge in [0.05, 0.1) is 6.61 Å². The highest BCUT2D eigenvalue weighted by Gasteiger charge is 1.96. The van der Waals surface area contributed by atoms with Crippen molar-refractivity contribution in [3.8, 4) is 0 Å². The lowest BCUT2D eigenvalue weighted by Gasteiger charge is -2.05. The van der Waals surface area contributed by atoms with Gasteiger partial charge >= 0.3 is 0 Å². The van der Waals surface area contributed by atoms with Gasteiger partial charge in [0, 0.05) is 13.2 Å². The molecule has 0 aliphatic carbocycles. The molecule has 0 saturated carbocycles. The fourth-order valence-electron chi connectivity index (χ4n) is 4.22. The topological polar surface area (TPSA) is 29.1 Å². The molecule has 0 amide bonds. The first-order valence-electron chi connectivity index (χ1n) is 14.1. The molecule has 0 bridgehead atoms. The van der Waals surface area contributed by atoms with Crippen LogP contribution in [0.2, 0.25) is 0 Å². The maximum absolute atomic E-state index is 10.4. The molecule has 0 N–H and O–H groups in total. The molecule has 30 heavy (non-hydrogen) atoms. The minimum absolute atomic E-state index is 0.113. The van der Waals surface area contributed by atoms with Gasteiger partial charge in [0.25, 0.3) is 0 Å². The summed E-state index contributed by atoms with van der Waals surface area (Å²) in [5, 5.41) is 10.4. The van der Waals surface area contributed by atoms with E-state index in [0.717, 1.165) is 26.1 Å². The van der Waals surface area contributed by atoms with Crippen molar-refractivity contribution < 1.29 is 9.84 Å². The Morgan fingerprint density at radius 2 is 0.633 bits per heavy atom. The van der Waals surface area contributed by atoms with Gasteiger partial charge in [-0.3, -0.25) is 0 Å². The zero-order chi connectivity index (χ0) is 21.8. The largest absolute Gasteiger partial charge is 0.381 e. The van der Waals surface area contributed by atoms with Crippen molar-refractivity contribution in [2.24, 2.45) is 0 Å². The zero-order valence-corrected chi connectivity index (χ0v) is 20.9. The third kappa shape index (κ3) is 27.9. The highest BCUT2D eigenvalue weighted by Crippen LogP contribution is 2.13. The second-order valence-corrected chi connectivity index (χ2v) is 9.45. The quantitative estimate of drug-likeness (QED) is 0.120. The molecular formula is C28H57O2. The van der Waals surface area contributed by atoms with Crippen LogP contribution in [0.3, 0.4) is 0 Å². The summed E-state index contributed by atoms with van der Waals surface area (Å²) in [6.45, 7) is 4.35.